The number of pyridine rings is 1. The number of hydrogen-bond donors (Lipinski definition) is 1. The van der Waals surface area contributed by atoms with Gasteiger partial charge in [-0.2, -0.15) is 0 Å². The van der Waals surface area contributed by atoms with Crippen molar-refractivity contribution in [2.45, 2.75) is 16.7 Å². The van der Waals surface area contributed by atoms with Gasteiger partial charge in [0.15, 0.2) is 0 Å². The van der Waals surface area contributed by atoms with Gasteiger partial charge in [0.05, 0.1) is 0 Å². The van der Waals surface area contributed by atoms with E-state index in [1.165, 1.54) is 16.4 Å². The van der Waals surface area contributed by atoms with Crippen molar-refractivity contribution in [2.24, 2.45) is 0 Å². The second-order valence-electron chi connectivity index (χ2n) is 4.07. The number of hydrogen-bond acceptors (Lipinski definition) is 6. The Kier molecular flexibility index (Phi) is 3.84. The maximum atomic E-state index is 10.8. The van der Waals surface area contributed by atoms with Crippen LogP contribution in [0.2, 0.25) is 0 Å². The molecule has 2 aromatic heterocycles. The number of carbonyl (C=O) groups is 1. The smallest absolute Gasteiger partial charge is 0.325 e. The Bertz CT molecular complexity index is 822. The molecule has 0 fully saturated rings. The lowest BCUT2D eigenvalue weighted by atomic mass is 10.2. The van der Waals surface area contributed by atoms with Crippen molar-refractivity contribution in [3.63, 3.8) is 0 Å². The Hall–Kier alpha value is -2.00. The first-order valence-corrected chi connectivity index (χ1v) is 7.45. The molecule has 7 nitrogen and oxygen atoms in total. The molecule has 9 heteroatoms. The van der Waals surface area contributed by atoms with Crippen LogP contribution in [0, 0.1) is 0 Å². The first-order valence-electron chi connectivity index (χ1n) is 5.84. The number of carboxylic acids is 1. The van der Waals surface area contributed by atoms with Gasteiger partial charge in [0.2, 0.25) is 5.16 Å². The molecule has 1 N–H and O–H groups in total. The van der Waals surface area contributed by atoms with Crippen LogP contribution in [-0.2, 0) is 11.3 Å². The summed E-state index contributed by atoms with van der Waals surface area (Å²) < 4.78 is 2.19. The van der Waals surface area contributed by atoms with E-state index in [2.05, 4.69) is 36.4 Å². The minimum Gasteiger partial charge on any atom is -0.480 e. The number of tetrazole rings is 1. The van der Waals surface area contributed by atoms with Gasteiger partial charge in [0.25, 0.3) is 0 Å². The number of benzene rings is 1. The summed E-state index contributed by atoms with van der Waals surface area (Å²) in [5.41, 5.74) is 0. The van der Waals surface area contributed by atoms with E-state index >= 15 is 0 Å². The van der Waals surface area contributed by atoms with E-state index in [-0.39, 0.29) is 6.54 Å². The molecule has 3 aromatic rings. The molecule has 0 radical (unpaired) electrons. The SMILES string of the molecule is O=C(O)Cn1nnnc1Sc1nccc2c(Br)cccc12. The zero-order valence-corrected chi connectivity index (χ0v) is 12.9. The second kappa shape index (κ2) is 5.78. The largest absolute Gasteiger partial charge is 0.480 e. The normalized spacial score (nSPS) is 10.9. The first-order chi connectivity index (χ1) is 10.1. The molecular formula is C12H8BrN5O2S. The predicted molar refractivity (Wildman–Crippen MR) is 79.0 cm³/mol. The Morgan fingerprint density at radius 1 is 1.33 bits per heavy atom. The first kappa shape index (κ1) is 14.0. The quantitative estimate of drug-likeness (QED) is 0.757. The molecule has 2 heterocycles. The van der Waals surface area contributed by atoms with Gasteiger partial charge in [-0.3, -0.25) is 4.79 Å². The lowest BCUT2D eigenvalue weighted by Gasteiger charge is -2.06. The molecule has 3 rings (SSSR count). The van der Waals surface area contributed by atoms with Crippen LogP contribution >= 0.6 is 27.7 Å². The minimum atomic E-state index is -1.00. The molecule has 0 aliphatic carbocycles. The van der Waals surface area contributed by atoms with Crippen molar-refractivity contribution in [1.29, 1.82) is 0 Å². The van der Waals surface area contributed by atoms with E-state index in [0.717, 1.165) is 20.3 Å². The molecule has 0 atom stereocenters. The fourth-order valence-corrected chi connectivity index (χ4v) is 3.16. The highest BCUT2D eigenvalue weighted by atomic mass is 79.9. The Morgan fingerprint density at radius 3 is 3.00 bits per heavy atom. The summed E-state index contributed by atoms with van der Waals surface area (Å²) in [5.74, 6) is -1.00. The number of fused-ring (bicyclic) bond motifs is 1. The van der Waals surface area contributed by atoms with Gasteiger partial charge in [-0.05, 0) is 34.3 Å². The van der Waals surface area contributed by atoms with Gasteiger partial charge in [0, 0.05) is 21.4 Å². The number of rotatable bonds is 4. The summed E-state index contributed by atoms with van der Waals surface area (Å²) >= 11 is 4.73. The third kappa shape index (κ3) is 2.88. The molecule has 0 amide bonds. The van der Waals surface area contributed by atoms with Crippen LogP contribution < -0.4 is 0 Å². The Labute approximate surface area is 131 Å². The number of halogens is 1. The highest BCUT2D eigenvalue weighted by Gasteiger charge is 2.14. The topological polar surface area (TPSA) is 93.8 Å². The standard InChI is InChI=1S/C12H8BrN5O2S/c13-9-3-1-2-8-7(9)4-5-14-11(8)21-12-15-16-17-18(12)6-10(19)20/h1-5H,6H2,(H,19,20). The van der Waals surface area contributed by atoms with Gasteiger partial charge in [-0.15, -0.1) is 5.10 Å². The number of carboxylic acid groups (broad SMARTS) is 1. The van der Waals surface area contributed by atoms with E-state index in [4.69, 9.17) is 5.11 Å². The molecular weight excluding hydrogens is 358 g/mol. The zero-order valence-electron chi connectivity index (χ0n) is 10.5. The van der Waals surface area contributed by atoms with Gasteiger partial charge in [-0.25, -0.2) is 9.67 Å². The van der Waals surface area contributed by atoms with Crippen molar-refractivity contribution in [1.82, 2.24) is 25.2 Å². The number of aromatic nitrogens is 5. The zero-order chi connectivity index (χ0) is 14.8. The molecule has 0 saturated carbocycles. The third-order valence-electron chi connectivity index (χ3n) is 2.69. The molecule has 0 unspecified atom stereocenters. The van der Waals surface area contributed by atoms with E-state index in [0.29, 0.717) is 5.16 Å². The van der Waals surface area contributed by atoms with Gasteiger partial charge in [-0.1, -0.05) is 28.1 Å². The van der Waals surface area contributed by atoms with Crippen LogP contribution in [0.5, 0.6) is 0 Å². The predicted octanol–water partition coefficient (Wildman–Crippen LogP) is 2.22. The van der Waals surface area contributed by atoms with Crippen LogP contribution in [0.1, 0.15) is 0 Å². The molecule has 21 heavy (non-hydrogen) atoms. The highest BCUT2D eigenvalue weighted by molar-refractivity contribution is 9.10. The van der Waals surface area contributed by atoms with Crippen LogP contribution in [0.4, 0.5) is 0 Å². The molecule has 106 valence electrons. The molecule has 0 bridgehead atoms. The fourth-order valence-electron chi connectivity index (χ4n) is 1.81. The van der Waals surface area contributed by atoms with Crippen LogP contribution in [-0.4, -0.2) is 36.3 Å². The summed E-state index contributed by atoms with van der Waals surface area (Å²) in [7, 11) is 0. The van der Waals surface area contributed by atoms with E-state index < -0.39 is 5.97 Å². The summed E-state index contributed by atoms with van der Waals surface area (Å²) in [4.78, 5) is 15.1. The van der Waals surface area contributed by atoms with Gasteiger partial charge >= 0.3 is 5.97 Å². The van der Waals surface area contributed by atoms with Crippen LogP contribution in [0.25, 0.3) is 10.8 Å². The third-order valence-corrected chi connectivity index (χ3v) is 4.37. The maximum absolute atomic E-state index is 10.8. The van der Waals surface area contributed by atoms with Crippen LogP contribution in [0.3, 0.4) is 0 Å². The summed E-state index contributed by atoms with van der Waals surface area (Å²) in [6.45, 7) is -0.288. The second-order valence-corrected chi connectivity index (χ2v) is 5.88. The summed E-state index contributed by atoms with van der Waals surface area (Å²) in [6.07, 6.45) is 1.70. The maximum Gasteiger partial charge on any atom is 0.325 e. The molecule has 0 aliphatic rings. The van der Waals surface area contributed by atoms with E-state index in [1.54, 1.807) is 6.20 Å². The van der Waals surface area contributed by atoms with E-state index in [9.17, 15) is 4.79 Å². The number of aliphatic carboxylic acids is 1. The summed E-state index contributed by atoms with van der Waals surface area (Å²) in [5, 5.41) is 22.9. The molecule has 0 aliphatic heterocycles. The monoisotopic (exact) mass is 365 g/mol. The lowest BCUT2D eigenvalue weighted by Crippen LogP contribution is -2.11. The lowest BCUT2D eigenvalue weighted by molar-refractivity contribution is -0.138. The Morgan fingerprint density at radius 2 is 2.19 bits per heavy atom. The van der Waals surface area contributed by atoms with Crippen molar-refractivity contribution < 1.29 is 9.90 Å². The molecule has 0 spiro atoms. The highest BCUT2D eigenvalue weighted by Crippen LogP contribution is 2.33. The van der Waals surface area contributed by atoms with Crippen LogP contribution in [0.15, 0.2) is 45.1 Å². The molecule has 1 aromatic carbocycles. The average molecular weight is 366 g/mol. The van der Waals surface area contributed by atoms with Gasteiger partial charge in [0.1, 0.15) is 11.6 Å². The van der Waals surface area contributed by atoms with Crippen molar-refractivity contribution >= 4 is 44.4 Å². The van der Waals surface area contributed by atoms with Crippen molar-refractivity contribution in [3.8, 4) is 0 Å². The van der Waals surface area contributed by atoms with Gasteiger partial charge < -0.3 is 5.11 Å². The minimum absolute atomic E-state index is 0.288. The average Bonchev–Trinajstić information content (AvgIpc) is 2.86. The van der Waals surface area contributed by atoms with Crippen molar-refractivity contribution in [3.05, 3.63) is 34.9 Å². The van der Waals surface area contributed by atoms with Crippen molar-refractivity contribution in [2.75, 3.05) is 0 Å². The molecule has 0 saturated heterocycles. The number of nitrogens with zero attached hydrogens (tertiary/aromatic N) is 5. The van der Waals surface area contributed by atoms with E-state index in [1.807, 2.05) is 24.3 Å². The summed E-state index contributed by atoms with van der Waals surface area (Å²) in [6, 6.07) is 7.72. The Balaban J connectivity index is 2.01. The fraction of sp³-hybridized carbons (Fsp3) is 0.0833.